The molecule has 0 spiro atoms. The van der Waals surface area contributed by atoms with Crippen LogP contribution in [0.25, 0.3) is 0 Å². The normalized spacial score (nSPS) is 11.5. The van der Waals surface area contributed by atoms with Gasteiger partial charge in [0.25, 0.3) is 0 Å². The van der Waals surface area contributed by atoms with Gasteiger partial charge in [-0.1, -0.05) is 39.3 Å². The van der Waals surface area contributed by atoms with E-state index in [1.54, 1.807) is 0 Å². The maximum absolute atomic E-state index is 3.37. The van der Waals surface area contributed by atoms with Crippen LogP contribution in [0.5, 0.6) is 0 Å². The molecule has 0 heterocycles. The summed E-state index contributed by atoms with van der Waals surface area (Å²) in [5.41, 5.74) is 2.91. The molecule has 0 saturated carbocycles. The van der Waals surface area contributed by atoms with Gasteiger partial charge in [-0.15, -0.1) is 0 Å². The fourth-order valence-electron chi connectivity index (χ4n) is 1.21. The Morgan fingerprint density at radius 3 is 1.92 bits per heavy atom. The second kappa shape index (κ2) is 7.15. The molecule has 0 aromatic rings. The average Bonchev–Trinajstić information content (AvgIpc) is 2.12. The zero-order valence-corrected chi connectivity index (χ0v) is 8.91. The van der Waals surface area contributed by atoms with Crippen molar-refractivity contribution in [2.75, 3.05) is 0 Å². The molecular formula is C12H21. The van der Waals surface area contributed by atoms with Crippen molar-refractivity contribution in [1.82, 2.24) is 0 Å². The largest absolute Gasteiger partial charge is 0.0705 e. The van der Waals surface area contributed by atoms with Gasteiger partial charge in [0.05, 0.1) is 0 Å². The van der Waals surface area contributed by atoms with Gasteiger partial charge in [-0.05, 0) is 37.3 Å². The van der Waals surface area contributed by atoms with Crippen molar-refractivity contribution < 1.29 is 0 Å². The Kier molecular flexibility index (Phi) is 6.84. The molecule has 0 aromatic carbocycles. The van der Waals surface area contributed by atoms with Crippen LogP contribution in [-0.4, -0.2) is 0 Å². The van der Waals surface area contributed by atoms with Crippen LogP contribution >= 0.6 is 0 Å². The number of hydrogen-bond acceptors (Lipinski definition) is 0. The van der Waals surface area contributed by atoms with Gasteiger partial charge < -0.3 is 0 Å². The minimum absolute atomic E-state index is 1.03. The van der Waals surface area contributed by atoms with E-state index in [0.29, 0.717) is 0 Å². The van der Waals surface area contributed by atoms with Crippen LogP contribution in [0.15, 0.2) is 17.2 Å². The number of allylic oxidation sites excluding steroid dienone is 4. The van der Waals surface area contributed by atoms with Crippen molar-refractivity contribution in [3.63, 3.8) is 0 Å². The zero-order chi connectivity index (χ0) is 9.40. The van der Waals surface area contributed by atoms with Crippen LogP contribution < -0.4 is 0 Å². The van der Waals surface area contributed by atoms with Crippen molar-refractivity contribution >= 4 is 0 Å². The van der Waals surface area contributed by atoms with E-state index in [0.717, 1.165) is 12.8 Å². The van der Waals surface area contributed by atoms with E-state index < -0.39 is 0 Å². The minimum Gasteiger partial charge on any atom is -0.0705 e. The lowest BCUT2D eigenvalue weighted by Crippen LogP contribution is -1.82. The summed E-state index contributed by atoms with van der Waals surface area (Å²) in [5, 5.41) is 0. The molecule has 0 fully saturated rings. The molecule has 0 bridgehead atoms. The highest BCUT2D eigenvalue weighted by atomic mass is 14.0. The van der Waals surface area contributed by atoms with Crippen LogP contribution in [0.4, 0.5) is 0 Å². The molecule has 0 atom stereocenters. The van der Waals surface area contributed by atoms with Crippen molar-refractivity contribution in [3.8, 4) is 0 Å². The highest BCUT2D eigenvalue weighted by molar-refractivity contribution is 5.20. The third-order valence-electron chi connectivity index (χ3n) is 2.07. The molecule has 0 aliphatic rings. The van der Waals surface area contributed by atoms with Crippen LogP contribution in [0.1, 0.15) is 53.4 Å². The van der Waals surface area contributed by atoms with Crippen molar-refractivity contribution in [3.05, 3.63) is 23.3 Å². The standard InChI is InChI=1S/C12H21/c1-5-9-12(8-4)10-11(6-2)7-3/h10H,5-8H2,1-4H3. The molecule has 0 rings (SSSR count). The Morgan fingerprint density at radius 2 is 1.58 bits per heavy atom. The molecule has 12 heavy (non-hydrogen) atoms. The summed E-state index contributed by atoms with van der Waals surface area (Å²) < 4.78 is 0. The molecule has 0 unspecified atom stereocenters. The Balaban J connectivity index is 4.32. The molecule has 0 aliphatic carbocycles. The van der Waals surface area contributed by atoms with E-state index in [9.17, 15) is 0 Å². The molecule has 0 nitrogen and oxygen atoms in total. The van der Waals surface area contributed by atoms with Gasteiger partial charge in [0.1, 0.15) is 0 Å². The van der Waals surface area contributed by atoms with Gasteiger partial charge in [0, 0.05) is 0 Å². The van der Waals surface area contributed by atoms with Crippen LogP contribution in [0.2, 0.25) is 0 Å². The number of rotatable bonds is 5. The third-order valence-corrected chi connectivity index (χ3v) is 2.07. The SMILES string of the molecule is CC/[C]=C(/C=C(CC)CC)CC. The lowest BCUT2D eigenvalue weighted by atomic mass is 10.0. The first-order chi connectivity index (χ1) is 5.78. The van der Waals surface area contributed by atoms with Crippen LogP contribution in [0.3, 0.4) is 0 Å². The summed E-state index contributed by atoms with van der Waals surface area (Å²) in [6, 6.07) is 0. The lowest BCUT2D eigenvalue weighted by Gasteiger charge is -2.02. The predicted octanol–water partition coefficient (Wildman–Crippen LogP) is 4.28. The summed E-state index contributed by atoms with van der Waals surface area (Å²) in [6.45, 7) is 8.77. The Bertz CT molecular complexity index is 155. The van der Waals surface area contributed by atoms with Gasteiger partial charge in [-0.2, -0.15) is 0 Å². The molecule has 0 heteroatoms. The fourth-order valence-corrected chi connectivity index (χ4v) is 1.21. The first kappa shape index (κ1) is 11.5. The van der Waals surface area contributed by atoms with Gasteiger partial charge in [-0.25, -0.2) is 0 Å². The minimum atomic E-state index is 1.03. The van der Waals surface area contributed by atoms with E-state index in [4.69, 9.17) is 0 Å². The van der Waals surface area contributed by atoms with E-state index >= 15 is 0 Å². The molecule has 1 radical (unpaired) electrons. The highest BCUT2D eigenvalue weighted by Crippen LogP contribution is 2.12. The van der Waals surface area contributed by atoms with E-state index in [1.807, 2.05) is 0 Å². The Labute approximate surface area is 77.4 Å². The summed E-state index contributed by atoms with van der Waals surface area (Å²) in [5.74, 6) is 0. The fraction of sp³-hybridized carbons (Fsp3) is 0.667. The molecule has 69 valence electrons. The second-order valence-corrected chi connectivity index (χ2v) is 2.92. The topological polar surface area (TPSA) is 0 Å². The molecule has 0 aromatic heterocycles. The average molecular weight is 165 g/mol. The van der Waals surface area contributed by atoms with Gasteiger partial charge >= 0.3 is 0 Å². The molecule has 0 amide bonds. The summed E-state index contributed by atoms with van der Waals surface area (Å²) in [7, 11) is 0. The Morgan fingerprint density at radius 1 is 1.00 bits per heavy atom. The summed E-state index contributed by atoms with van der Waals surface area (Å²) >= 11 is 0. The smallest absolute Gasteiger partial charge is 0.0302 e. The second-order valence-electron chi connectivity index (χ2n) is 2.92. The van der Waals surface area contributed by atoms with Crippen molar-refractivity contribution in [1.29, 1.82) is 0 Å². The molecule has 0 aliphatic heterocycles. The van der Waals surface area contributed by atoms with E-state index in [-0.39, 0.29) is 0 Å². The third kappa shape index (κ3) is 4.38. The van der Waals surface area contributed by atoms with Gasteiger partial charge in [0.15, 0.2) is 0 Å². The summed E-state index contributed by atoms with van der Waals surface area (Å²) in [6.07, 6.45) is 10.2. The first-order valence-corrected chi connectivity index (χ1v) is 5.07. The highest BCUT2D eigenvalue weighted by Gasteiger charge is 1.92. The maximum Gasteiger partial charge on any atom is -0.0302 e. The summed E-state index contributed by atoms with van der Waals surface area (Å²) in [4.78, 5) is 0. The van der Waals surface area contributed by atoms with Crippen molar-refractivity contribution in [2.24, 2.45) is 0 Å². The van der Waals surface area contributed by atoms with Gasteiger partial charge in [0.2, 0.25) is 0 Å². The molecular weight excluding hydrogens is 144 g/mol. The van der Waals surface area contributed by atoms with Gasteiger partial charge in [-0.3, -0.25) is 0 Å². The quantitative estimate of drug-likeness (QED) is 0.533. The monoisotopic (exact) mass is 165 g/mol. The van der Waals surface area contributed by atoms with Crippen LogP contribution in [-0.2, 0) is 0 Å². The first-order valence-electron chi connectivity index (χ1n) is 5.07. The molecule has 0 saturated heterocycles. The predicted molar refractivity (Wildman–Crippen MR) is 56.0 cm³/mol. The Hall–Kier alpha value is -0.520. The lowest BCUT2D eigenvalue weighted by molar-refractivity contribution is 0.960. The zero-order valence-electron chi connectivity index (χ0n) is 8.91. The van der Waals surface area contributed by atoms with Crippen LogP contribution in [0, 0.1) is 6.08 Å². The van der Waals surface area contributed by atoms with Crippen molar-refractivity contribution in [2.45, 2.75) is 53.4 Å². The van der Waals surface area contributed by atoms with E-state index in [1.165, 1.54) is 24.0 Å². The maximum atomic E-state index is 3.37. The molecule has 0 N–H and O–H groups in total. The number of hydrogen-bond donors (Lipinski definition) is 0. The van der Waals surface area contributed by atoms with E-state index in [2.05, 4.69) is 39.8 Å².